The van der Waals surface area contributed by atoms with E-state index < -0.39 is 22.4 Å². The Balaban J connectivity index is 2.55. The van der Waals surface area contributed by atoms with E-state index in [4.69, 9.17) is 14.7 Å². The molecule has 0 unspecified atom stereocenters. The lowest BCUT2D eigenvalue weighted by atomic mass is 10.1. The van der Waals surface area contributed by atoms with Gasteiger partial charge in [-0.2, -0.15) is 18.4 Å². The second-order valence-corrected chi connectivity index (χ2v) is 5.80. The first-order valence-electron chi connectivity index (χ1n) is 6.48. The van der Waals surface area contributed by atoms with Gasteiger partial charge in [-0.05, 0) is 40.8 Å². The lowest BCUT2D eigenvalue weighted by Crippen LogP contribution is -2.06. The van der Waals surface area contributed by atoms with Crippen LogP contribution in [0.4, 0.5) is 18.9 Å². The van der Waals surface area contributed by atoms with Crippen LogP contribution in [-0.4, -0.2) is 12.0 Å². The highest BCUT2D eigenvalue weighted by Crippen LogP contribution is 2.42. The zero-order chi connectivity index (χ0) is 18.8. The number of hydrogen-bond acceptors (Lipinski definition) is 5. The van der Waals surface area contributed by atoms with Crippen molar-refractivity contribution in [3.8, 4) is 23.3 Å². The van der Waals surface area contributed by atoms with Gasteiger partial charge in [0.05, 0.1) is 32.8 Å². The zero-order valence-electron chi connectivity index (χ0n) is 12.4. The summed E-state index contributed by atoms with van der Waals surface area (Å²) < 4.78 is 49.2. The highest BCUT2D eigenvalue weighted by molar-refractivity contribution is 14.1. The normalized spacial score (nSPS) is 10.9. The summed E-state index contributed by atoms with van der Waals surface area (Å²) >= 11 is 1.83. The van der Waals surface area contributed by atoms with Crippen molar-refractivity contribution in [1.82, 2.24) is 0 Å². The Hall–Kier alpha value is -2.55. The minimum absolute atomic E-state index is 0.0601. The van der Waals surface area contributed by atoms with Crippen molar-refractivity contribution in [2.24, 2.45) is 0 Å². The number of hydrogen-bond donors (Lipinski definition) is 0. The first kappa shape index (κ1) is 18.8. The fraction of sp³-hybridized carbons (Fsp3) is 0.133. The van der Waals surface area contributed by atoms with Crippen molar-refractivity contribution in [2.45, 2.75) is 6.18 Å². The van der Waals surface area contributed by atoms with Gasteiger partial charge in [-0.15, -0.1) is 0 Å². The van der Waals surface area contributed by atoms with E-state index in [9.17, 15) is 23.3 Å². The first-order valence-corrected chi connectivity index (χ1v) is 7.56. The van der Waals surface area contributed by atoms with Crippen molar-refractivity contribution in [3.63, 3.8) is 0 Å². The average molecular weight is 464 g/mol. The van der Waals surface area contributed by atoms with Crippen molar-refractivity contribution in [1.29, 1.82) is 5.26 Å². The number of nitrogens with zero attached hydrogens (tertiary/aromatic N) is 2. The summed E-state index contributed by atoms with van der Waals surface area (Å²) in [5.74, 6) is -0.193. The third-order valence-electron chi connectivity index (χ3n) is 3.05. The van der Waals surface area contributed by atoms with Crippen LogP contribution in [0.15, 0.2) is 30.3 Å². The number of methoxy groups -OCH3 is 1. The zero-order valence-corrected chi connectivity index (χ0v) is 14.6. The molecule has 0 saturated carbocycles. The summed E-state index contributed by atoms with van der Waals surface area (Å²) in [4.78, 5) is 10.1. The number of alkyl halides is 3. The van der Waals surface area contributed by atoms with Crippen LogP contribution in [-0.2, 0) is 6.18 Å². The Morgan fingerprint density at radius 2 is 1.92 bits per heavy atom. The van der Waals surface area contributed by atoms with Gasteiger partial charge in [0.15, 0.2) is 11.5 Å². The number of benzene rings is 2. The number of ether oxygens (including phenoxy) is 2. The van der Waals surface area contributed by atoms with Gasteiger partial charge in [0.25, 0.3) is 0 Å². The molecule has 10 heteroatoms. The molecule has 0 amide bonds. The molecule has 0 aliphatic rings. The molecule has 0 spiro atoms. The van der Waals surface area contributed by atoms with Crippen LogP contribution in [0.5, 0.6) is 17.2 Å². The molecule has 2 aromatic carbocycles. The fourth-order valence-electron chi connectivity index (χ4n) is 1.92. The van der Waals surface area contributed by atoms with Crippen LogP contribution >= 0.6 is 22.6 Å². The van der Waals surface area contributed by atoms with Crippen molar-refractivity contribution in [3.05, 3.63) is 55.1 Å². The molecule has 0 atom stereocenters. The van der Waals surface area contributed by atoms with E-state index in [0.29, 0.717) is 15.7 Å². The number of halogens is 4. The summed E-state index contributed by atoms with van der Waals surface area (Å²) in [6.07, 6.45) is -4.72. The third-order valence-corrected chi connectivity index (χ3v) is 3.85. The topological polar surface area (TPSA) is 85.4 Å². The SMILES string of the molecule is COc1cc(C#N)cc(I)c1Oc1ccc(C(F)(F)F)cc1[N+](=O)[O-]. The van der Waals surface area contributed by atoms with Crippen LogP contribution in [0, 0.1) is 25.0 Å². The maximum Gasteiger partial charge on any atom is 0.416 e. The summed E-state index contributed by atoms with van der Waals surface area (Å²) in [6.45, 7) is 0. The van der Waals surface area contributed by atoms with Crippen LogP contribution in [0.2, 0.25) is 0 Å². The largest absolute Gasteiger partial charge is 0.493 e. The maximum absolute atomic E-state index is 12.7. The minimum Gasteiger partial charge on any atom is -0.493 e. The molecule has 0 radical (unpaired) electrons. The molecule has 2 aromatic rings. The van der Waals surface area contributed by atoms with Crippen molar-refractivity contribution < 1.29 is 27.6 Å². The van der Waals surface area contributed by atoms with E-state index in [-0.39, 0.29) is 22.8 Å². The number of nitro groups is 1. The lowest BCUT2D eigenvalue weighted by molar-refractivity contribution is -0.385. The molecule has 0 heterocycles. The Bertz CT molecular complexity index is 878. The van der Waals surface area contributed by atoms with Crippen LogP contribution in [0.3, 0.4) is 0 Å². The van der Waals surface area contributed by atoms with Gasteiger partial charge in [-0.25, -0.2) is 0 Å². The van der Waals surface area contributed by atoms with Crippen LogP contribution in [0.1, 0.15) is 11.1 Å². The van der Waals surface area contributed by atoms with E-state index in [2.05, 4.69) is 0 Å². The Morgan fingerprint density at radius 1 is 1.24 bits per heavy atom. The van der Waals surface area contributed by atoms with Crippen molar-refractivity contribution in [2.75, 3.05) is 7.11 Å². The Morgan fingerprint density at radius 3 is 2.44 bits per heavy atom. The van der Waals surface area contributed by atoms with Gasteiger partial charge in [-0.1, -0.05) is 0 Å². The number of nitro benzene ring substituents is 1. The lowest BCUT2D eigenvalue weighted by Gasteiger charge is -2.14. The van der Waals surface area contributed by atoms with Gasteiger partial charge in [-0.3, -0.25) is 10.1 Å². The summed E-state index contributed by atoms with van der Waals surface area (Å²) in [5, 5.41) is 20.1. The Kier molecular flexibility index (Phi) is 5.36. The highest BCUT2D eigenvalue weighted by Gasteiger charge is 2.33. The smallest absolute Gasteiger partial charge is 0.416 e. The summed E-state index contributed by atoms with van der Waals surface area (Å²) in [5.41, 5.74) is -1.72. The first-order chi connectivity index (χ1) is 11.7. The highest BCUT2D eigenvalue weighted by atomic mass is 127. The molecular weight excluding hydrogens is 456 g/mol. The molecule has 130 valence electrons. The van der Waals surface area contributed by atoms with E-state index in [1.54, 1.807) is 0 Å². The molecule has 0 aliphatic carbocycles. The minimum atomic E-state index is -4.72. The molecule has 0 N–H and O–H groups in total. The van der Waals surface area contributed by atoms with E-state index in [1.165, 1.54) is 19.2 Å². The molecule has 2 rings (SSSR count). The number of rotatable bonds is 4. The summed E-state index contributed by atoms with van der Waals surface area (Å²) in [7, 11) is 1.31. The monoisotopic (exact) mass is 464 g/mol. The van der Waals surface area contributed by atoms with Gasteiger partial charge >= 0.3 is 11.9 Å². The quantitative estimate of drug-likeness (QED) is 0.366. The second-order valence-electron chi connectivity index (χ2n) is 4.64. The van der Waals surface area contributed by atoms with Crippen LogP contribution in [0.25, 0.3) is 0 Å². The van der Waals surface area contributed by atoms with Crippen molar-refractivity contribution >= 4 is 28.3 Å². The Labute approximate surface area is 153 Å². The van der Waals surface area contributed by atoms with Gasteiger partial charge < -0.3 is 9.47 Å². The van der Waals surface area contributed by atoms with E-state index in [0.717, 1.165) is 6.07 Å². The van der Waals surface area contributed by atoms with E-state index in [1.807, 2.05) is 28.7 Å². The molecule has 0 saturated heterocycles. The molecule has 0 aromatic heterocycles. The molecule has 25 heavy (non-hydrogen) atoms. The predicted molar refractivity (Wildman–Crippen MR) is 88.6 cm³/mol. The standard InChI is InChI=1S/C15H8F3IN2O4/c1-24-13-5-8(7-20)4-10(19)14(13)25-12-3-2-9(15(16,17)18)6-11(12)21(22)23/h2-6H,1H3. The van der Waals surface area contributed by atoms with Crippen LogP contribution < -0.4 is 9.47 Å². The maximum atomic E-state index is 12.7. The molecule has 6 nitrogen and oxygen atoms in total. The predicted octanol–water partition coefficient (Wildman–Crippen LogP) is 4.89. The number of nitriles is 1. The fourth-order valence-corrected chi connectivity index (χ4v) is 2.63. The van der Waals surface area contributed by atoms with Gasteiger partial charge in [0.2, 0.25) is 5.75 Å². The van der Waals surface area contributed by atoms with Gasteiger partial charge in [0, 0.05) is 12.1 Å². The third kappa shape index (κ3) is 4.11. The molecule has 0 aliphatic heterocycles. The summed E-state index contributed by atoms with van der Waals surface area (Å²) in [6, 6.07) is 6.68. The van der Waals surface area contributed by atoms with Gasteiger partial charge in [0.1, 0.15) is 0 Å². The van der Waals surface area contributed by atoms with E-state index >= 15 is 0 Å². The molecule has 0 fully saturated rings. The molecule has 0 bridgehead atoms. The molecular formula is C15H8F3IN2O4. The average Bonchev–Trinajstić information content (AvgIpc) is 2.55. The second kappa shape index (κ2) is 7.14.